The van der Waals surface area contributed by atoms with E-state index in [1.807, 2.05) is 0 Å². The average Bonchev–Trinajstić information content (AvgIpc) is 1.36. The second-order valence-electron chi connectivity index (χ2n) is 0.423. The largest absolute Gasteiger partial charge is 0.351 e. The van der Waals surface area contributed by atoms with E-state index in [0.29, 0.717) is 0 Å². The zero-order valence-electron chi connectivity index (χ0n) is 3.31. The molecule has 3 nitrogen and oxygen atoms in total. The van der Waals surface area contributed by atoms with Crippen LogP contribution in [0.15, 0.2) is 0 Å². The van der Waals surface area contributed by atoms with Crippen molar-refractivity contribution in [3.05, 3.63) is 0 Å². The molecule has 0 aliphatic rings. The Morgan fingerprint density at radius 1 is 2.40 bits per heavy atom. The Kier molecular flexibility index (Phi) is 1.02. The molecule has 0 rings (SSSR count). The van der Waals surface area contributed by atoms with Gasteiger partial charge in [0.15, 0.2) is 1.41 Å². The van der Waals surface area contributed by atoms with Gasteiger partial charge in [-0.15, -0.1) is 0 Å². The molecule has 0 saturated carbocycles. The number of nitrogens with one attached hydrogen (secondary N) is 1. The van der Waals surface area contributed by atoms with Crippen LogP contribution in [0.3, 0.4) is 0 Å². The van der Waals surface area contributed by atoms with E-state index in [0.717, 1.165) is 0 Å². The van der Waals surface area contributed by atoms with Crippen molar-refractivity contribution >= 4 is 17.8 Å². The molecule has 0 aromatic carbocycles. The third-order valence-corrected chi connectivity index (χ3v) is 0.250. The number of halogens is 1. The molecule has 30 valence electrons. The van der Waals surface area contributed by atoms with Gasteiger partial charge in [0, 0.05) is 11.8 Å². The fourth-order valence-corrected chi connectivity index (χ4v) is 0. The molecular formula is CH3ClN2O. The van der Waals surface area contributed by atoms with Crippen LogP contribution in [0.2, 0.25) is 1.41 Å². The maximum Gasteiger partial charge on any atom is 0.326 e. The topological polar surface area (TPSA) is 55.1 Å². The van der Waals surface area contributed by atoms with Gasteiger partial charge in [0.25, 0.3) is 0 Å². The summed E-state index contributed by atoms with van der Waals surface area (Å²) in [5.41, 5.74) is 4.40. The minimum Gasteiger partial charge on any atom is -0.351 e. The SMILES string of the molecule is [2H]N(Cl)C(N)=O. The number of hydrogen-bond acceptors (Lipinski definition) is 1. The van der Waals surface area contributed by atoms with Gasteiger partial charge in [0.2, 0.25) is 0 Å². The molecule has 0 saturated heterocycles. The Hall–Kier alpha value is -0.440. The highest BCUT2D eigenvalue weighted by molar-refractivity contribution is 6.20. The van der Waals surface area contributed by atoms with E-state index in [4.69, 9.17) is 1.41 Å². The second-order valence-corrected chi connectivity index (χ2v) is 0.592. The summed E-state index contributed by atoms with van der Waals surface area (Å²) < 4.78 is 6.16. The minimum atomic E-state index is -0.975. The number of hydrogen-bond donors (Lipinski definition) is 2. The molecule has 0 aromatic rings. The Bertz CT molecular complexity index is 64.6. The normalized spacial score (nSPS) is 9.40. The quantitative estimate of drug-likeness (QED) is 0.403. The Labute approximate surface area is 35.7 Å². The average molecular weight is 95.5 g/mol. The third kappa shape index (κ3) is 3.56. The molecule has 0 atom stereocenters. The van der Waals surface area contributed by atoms with Crippen LogP contribution >= 0.6 is 11.8 Å². The molecule has 2 amide bonds. The number of carbonyl (C=O) groups excluding carboxylic acids is 1. The van der Waals surface area contributed by atoms with Gasteiger partial charge in [-0.2, -0.15) is 0 Å². The van der Waals surface area contributed by atoms with Crippen molar-refractivity contribution in [3.63, 3.8) is 0 Å². The Balaban J connectivity index is 3.26. The standard InChI is InChI=1S/CH3ClN2O/c2-4-1(3)5/h(H3,3,4,5)/i/hD. The summed E-state index contributed by atoms with van der Waals surface area (Å²) in [6.45, 7) is 0. The summed E-state index contributed by atoms with van der Waals surface area (Å²) in [5, 5.41) is 0. The summed E-state index contributed by atoms with van der Waals surface area (Å²) in [5.74, 6) is 0. The van der Waals surface area contributed by atoms with Crippen LogP contribution < -0.4 is 10.6 Å². The summed E-state index contributed by atoms with van der Waals surface area (Å²) in [4.78, 5) is 9.56. The predicted molar refractivity (Wildman–Crippen MR) is 18.6 cm³/mol. The summed E-state index contributed by atoms with van der Waals surface area (Å²) >= 11 is 4.64. The minimum absolute atomic E-state index is 0.0278. The molecule has 0 radical (unpaired) electrons. The van der Waals surface area contributed by atoms with Crippen LogP contribution in [-0.2, 0) is 0 Å². The second kappa shape index (κ2) is 1.84. The summed E-state index contributed by atoms with van der Waals surface area (Å²) in [7, 11) is 0. The van der Waals surface area contributed by atoms with Crippen LogP contribution in [0.25, 0.3) is 0 Å². The number of urea groups is 1. The van der Waals surface area contributed by atoms with Crippen molar-refractivity contribution in [2.24, 2.45) is 5.73 Å². The van der Waals surface area contributed by atoms with Crippen molar-refractivity contribution in [2.75, 3.05) is 0 Å². The van der Waals surface area contributed by atoms with Crippen molar-refractivity contribution in [1.82, 2.24) is 4.83 Å². The van der Waals surface area contributed by atoms with E-state index in [2.05, 4.69) is 17.5 Å². The highest BCUT2D eigenvalue weighted by atomic mass is 35.5. The third-order valence-electron chi connectivity index (χ3n) is 0.0833. The van der Waals surface area contributed by atoms with Gasteiger partial charge >= 0.3 is 6.03 Å². The lowest BCUT2D eigenvalue weighted by atomic mass is 11.2. The molecule has 0 aromatic heterocycles. The molecule has 0 aliphatic carbocycles. The number of carbonyl (C=O) groups is 1. The maximum absolute atomic E-state index is 9.53. The predicted octanol–water partition coefficient (Wildman–Crippen LogP) is -0.191. The van der Waals surface area contributed by atoms with Gasteiger partial charge in [-0.1, -0.05) is 0 Å². The van der Waals surface area contributed by atoms with Crippen LogP contribution in [0.5, 0.6) is 0 Å². The first-order chi connectivity index (χ1) is 2.64. The van der Waals surface area contributed by atoms with Gasteiger partial charge in [-0.3, -0.25) is 4.83 Å². The fourth-order valence-electron chi connectivity index (χ4n) is 0. The van der Waals surface area contributed by atoms with E-state index in [1.54, 1.807) is 0 Å². The van der Waals surface area contributed by atoms with Crippen LogP contribution in [0, 0.1) is 0 Å². The highest BCUT2D eigenvalue weighted by Gasteiger charge is 1.75. The molecule has 0 heterocycles. The molecule has 0 unspecified atom stereocenters. The molecule has 0 fully saturated rings. The van der Waals surface area contributed by atoms with E-state index in [1.165, 1.54) is 0 Å². The lowest BCUT2D eigenvalue weighted by molar-refractivity contribution is 0.254. The number of amides is 2. The van der Waals surface area contributed by atoms with Crippen molar-refractivity contribution in [1.29, 1.82) is 0 Å². The van der Waals surface area contributed by atoms with Gasteiger partial charge < -0.3 is 5.73 Å². The van der Waals surface area contributed by atoms with Crippen LogP contribution in [-0.4, -0.2) is 6.03 Å². The Morgan fingerprint density at radius 2 is 2.60 bits per heavy atom. The molecular weight excluding hydrogens is 91.5 g/mol. The molecule has 0 bridgehead atoms. The zero-order chi connectivity index (χ0) is 5.15. The van der Waals surface area contributed by atoms with Gasteiger partial charge in [0.05, 0.1) is 0 Å². The zero-order valence-corrected chi connectivity index (χ0v) is 3.07. The summed E-state index contributed by atoms with van der Waals surface area (Å²) in [6.07, 6.45) is 0. The first kappa shape index (κ1) is 2.78. The van der Waals surface area contributed by atoms with E-state index < -0.39 is 6.03 Å². The molecule has 0 aliphatic heterocycles. The van der Waals surface area contributed by atoms with Crippen molar-refractivity contribution in [2.45, 2.75) is 0 Å². The molecule has 4 heteroatoms. The van der Waals surface area contributed by atoms with Gasteiger partial charge in [-0.05, 0) is 0 Å². The lowest BCUT2D eigenvalue weighted by Crippen LogP contribution is -2.19. The van der Waals surface area contributed by atoms with Crippen molar-refractivity contribution in [3.8, 4) is 0 Å². The molecule has 5 heavy (non-hydrogen) atoms. The maximum atomic E-state index is 9.53. The first-order valence-electron chi connectivity index (χ1n) is 1.33. The summed E-state index contributed by atoms with van der Waals surface area (Å²) in [6, 6.07) is -0.975. The van der Waals surface area contributed by atoms with Crippen LogP contribution in [0.4, 0.5) is 4.79 Å². The molecule has 3 N–H and O–H groups in total. The number of primary amides is 1. The monoisotopic (exact) mass is 95.0 g/mol. The lowest BCUT2D eigenvalue weighted by Gasteiger charge is -1.76. The smallest absolute Gasteiger partial charge is 0.326 e. The van der Waals surface area contributed by atoms with Crippen LogP contribution in [0.1, 0.15) is 0 Å². The highest BCUT2D eigenvalue weighted by Crippen LogP contribution is 1.54. The number of nitrogens with two attached hydrogens (primary N) is 1. The fraction of sp³-hybridized carbons (Fsp3) is 0. The van der Waals surface area contributed by atoms with Crippen molar-refractivity contribution < 1.29 is 6.21 Å². The van der Waals surface area contributed by atoms with E-state index >= 15 is 0 Å². The van der Waals surface area contributed by atoms with E-state index in [-0.39, 0.29) is 4.83 Å². The van der Waals surface area contributed by atoms with Gasteiger partial charge in [-0.25, -0.2) is 4.79 Å². The molecule has 0 spiro atoms. The van der Waals surface area contributed by atoms with E-state index in [9.17, 15) is 4.79 Å². The number of rotatable bonds is 0. The Morgan fingerprint density at radius 3 is 2.60 bits per heavy atom. The first-order valence-corrected chi connectivity index (χ1v) is 1.22. The van der Waals surface area contributed by atoms with Gasteiger partial charge in [0.1, 0.15) is 0 Å².